The van der Waals surface area contributed by atoms with E-state index in [1.54, 1.807) is 17.0 Å². The molecule has 0 spiro atoms. The van der Waals surface area contributed by atoms with Crippen molar-refractivity contribution in [3.05, 3.63) is 35.4 Å². The second-order valence-corrected chi connectivity index (χ2v) is 9.86. The summed E-state index contributed by atoms with van der Waals surface area (Å²) in [5.74, 6) is 0.0572. The maximum Gasteiger partial charge on any atom is 0.317 e. The molecule has 2 fully saturated rings. The summed E-state index contributed by atoms with van der Waals surface area (Å²) in [6.07, 6.45) is 1.78. The van der Waals surface area contributed by atoms with E-state index in [1.165, 1.54) is 4.31 Å². The Bertz CT molecular complexity index is 872. The molecule has 1 aromatic carbocycles. The number of piperidine rings is 1. The first kappa shape index (κ1) is 23.3. The lowest BCUT2D eigenvalue weighted by molar-refractivity contribution is 0.0729. The topological polar surface area (TPSA) is 134 Å². The molecule has 2 heterocycles. The van der Waals surface area contributed by atoms with Crippen molar-refractivity contribution in [1.82, 2.24) is 19.8 Å². The van der Waals surface area contributed by atoms with Crippen molar-refractivity contribution < 1.29 is 22.7 Å². The van der Waals surface area contributed by atoms with E-state index in [9.17, 15) is 18.0 Å². The Balaban J connectivity index is 1.57. The van der Waals surface area contributed by atoms with E-state index in [4.69, 9.17) is 10.5 Å². The van der Waals surface area contributed by atoms with Crippen molar-refractivity contribution in [1.29, 1.82) is 0 Å². The summed E-state index contributed by atoms with van der Waals surface area (Å²) in [6, 6.07) is 6.49. The molecule has 0 bridgehead atoms. The highest BCUT2D eigenvalue weighted by Gasteiger charge is 2.26. The standard InChI is InChI=1S/C20H31N5O5S/c21-19(26)22-12-16-4-3-7-24(14-16)20(27)23-13-17-5-1-2-6-18(17)15-31(28,29)25-8-10-30-11-9-25/h1-2,5-6,16H,3-4,7-15H2,(H,23,27)(H3,21,22,26). The van der Waals surface area contributed by atoms with Gasteiger partial charge in [0.1, 0.15) is 0 Å². The number of sulfonamides is 1. The summed E-state index contributed by atoms with van der Waals surface area (Å²) in [5.41, 5.74) is 6.58. The maximum absolute atomic E-state index is 12.8. The maximum atomic E-state index is 12.8. The minimum atomic E-state index is -3.45. The zero-order valence-corrected chi connectivity index (χ0v) is 18.4. The molecule has 3 rings (SSSR count). The number of morpholine rings is 1. The Kier molecular flexibility index (Phi) is 8.10. The number of benzene rings is 1. The Morgan fingerprint density at radius 1 is 1.10 bits per heavy atom. The summed E-state index contributed by atoms with van der Waals surface area (Å²) in [4.78, 5) is 25.3. The highest BCUT2D eigenvalue weighted by Crippen LogP contribution is 2.18. The van der Waals surface area contributed by atoms with Crippen molar-refractivity contribution in [3.8, 4) is 0 Å². The Morgan fingerprint density at radius 3 is 2.52 bits per heavy atom. The number of nitrogens with zero attached hydrogens (tertiary/aromatic N) is 2. The average Bonchev–Trinajstić information content (AvgIpc) is 2.77. The summed E-state index contributed by atoms with van der Waals surface area (Å²) < 4.78 is 32.2. The van der Waals surface area contributed by atoms with Gasteiger partial charge in [-0.05, 0) is 29.9 Å². The summed E-state index contributed by atoms with van der Waals surface area (Å²) in [6.45, 7) is 3.41. The van der Waals surface area contributed by atoms with Crippen LogP contribution >= 0.6 is 0 Å². The number of hydrogen-bond donors (Lipinski definition) is 3. The Labute approximate surface area is 183 Å². The van der Waals surface area contributed by atoms with Crippen LogP contribution in [0.25, 0.3) is 0 Å². The van der Waals surface area contributed by atoms with Crippen LogP contribution in [0.15, 0.2) is 24.3 Å². The first-order valence-electron chi connectivity index (χ1n) is 10.5. The van der Waals surface area contributed by atoms with E-state index in [1.807, 2.05) is 12.1 Å². The normalized spacial score (nSPS) is 20.3. The third-order valence-corrected chi connectivity index (χ3v) is 7.45. The second-order valence-electron chi connectivity index (χ2n) is 7.89. The van der Waals surface area contributed by atoms with Gasteiger partial charge in [0.2, 0.25) is 10.0 Å². The summed E-state index contributed by atoms with van der Waals surface area (Å²) >= 11 is 0. The van der Waals surface area contributed by atoms with Crippen molar-refractivity contribution in [3.63, 3.8) is 0 Å². The number of carbonyl (C=O) groups is 2. The predicted molar refractivity (Wildman–Crippen MR) is 116 cm³/mol. The fourth-order valence-corrected chi connectivity index (χ4v) is 5.49. The molecule has 1 aromatic rings. The van der Waals surface area contributed by atoms with Crippen molar-refractivity contribution in [2.75, 3.05) is 45.9 Å². The van der Waals surface area contributed by atoms with Gasteiger partial charge in [-0.15, -0.1) is 0 Å². The lowest BCUT2D eigenvalue weighted by Gasteiger charge is -2.32. The van der Waals surface area contributed by atoms with Gasteiger partial charge >= 0.3 is 12.1 Å². The van der Waals surface area contributed by atoms with Crippen LogP contribution < -0.4 is 16.4 Å². The highest BCUT2D eigenvalue weighted by atomic mass is 32.2. The molecule has 0 aromatic heterocycles. The largest absolute Gasteiger partial charge is 0.379 e. The van der Waals surface area contributed by atoms with Crippen LogP contribution in [0.5, 0.6) is 0 Å². The van der Waals surface area contributed by atoms with Gasteiger partial charge < -0.3 is 26.0 Å². The van der Waals surface area contributed by atoms with Crippen LogP contribution in [0.1, 0.15) is 24.0 Å². The molecule has 2 saturated heterocycles. The molecule has 1 unspecified atom stereocenters. The second kappa shape index (κ2) is 10.8. The molecule has 0 saturated carbocycles. The first-order chi connectivity index (χ1) is 14.8. The van der Waals surface area contributed by atoms with Crippen molar-refractivity contribution in [2.24, 2.45) is 11.7 Å². The number of urea groups is 2. The zero-order chi connectivity index (χ0) is 22.3. The van der Waals surface area contributed by atoms with Gasteiger partial charge in [0, 0.05) is 39.3 Å². The smallest absolute Gasteiger partial charge is 0.317 e. The molecule has 2 aliphatic rings. The third-order valence-electron chi connectivity index (χ3n) is 5.62. The SMILES string of the molecule is NC(=O)NCC1CCCN(C(=O)NCc2ccccc2CS(=O)(=O)N2CCOCC2)C1. The van der Waals surface area contributed by atoms with Gasteiger partial charge in [-0.2, -0.15) is 4.31 Å². The quantitative estimate of drug-likeness (QED) is 0.551. The van der Waals surface area contributed by atoms with Crippen LogP contribution in [-0.2, 0) is 27.1 Å². The van der Waals surface area contributed by atoms with Crippen LogP contribution in [-0.4, -0.2) is 75.6 Å². The van der Waals surface area contributed by atoms with E-state index in [2.05, 4.69) is 10.6 Å². The van der Waals surface area contributed by atoms with Gasteiger partial charge in [-0.1, -0.05) is 24.3 Å². The number of ether oxygens (including phenoxy) is 1. The van der Waals surface area contributed by atoms with Gasteiger partial charge in [-0.25, -0.2) is 18.0 Å². The summed E-state index contributed by atoms with van der Waals surface area (Å²) in [7, 11) is -3.45. The third kappa shape index (κ3) is 6.81. The zero-order valence-electron chi connectivity index (χ0n) is 17.6. The number of amides is 4. The van der Waals surface area contributed by atoms with E-state index in [-0.39, 0.29) is 24.2 Å². The molecule has 10 nitrogen and oxygen atoms in total. The number of nitrogens with one attached hydrogen (secondary N) is 2. The van der Waals surface area contributed by atoms with Crippen LogP contribution in [0.2, 0.25) is 0 Å². The van der Waals surface area contributed by atoms with E-state index in [0.717, 1.165) is 18.4 Å². The van der Waals surface area contributed by atoms with Gasteiger partial charge in [0.15, 0.2) is 0 Å². The molecule has 4 N–H and O–H groups in total. The predicted octanol–water partition coefficient (Wildman–Crippen LogP) is 0.439. The van der Waals surface area contributed by atoms with Crippen LogP contribution in [0.3, 0.4) is 0 Å². The van der Waals surface area contributed by atoms with Crippen molar-refractivity contribution in [2.45, 2.75) is 25.1 Å². The van der Waals surface area contributed by atoms with E-state index < -0.39 is 16.1 Å². The molecule has 4 amide bonds. The fourth-order valence-electron chi connectivity index (χ4n) is 3.93. The fraction of sp³-hybridized carbons (Fsp3) is 0.600. The van der Waals surface area contributed by atoms with E-state index in [0.29, 0.717) is 51.5 Å². The lowest BCUT2D eigenvalue weighted by atomic mass is 9.98. The molecule has 172 valence electrons. The molecular formula is C20H31N5O5S. The average molecular weight is 454 g/mol. The number of primary amides is 1. The highest BCUT2D eigenvalue weighted by molar-refractivity contribution is 7.88. The minimum absolute atomic E-state index is 0.108. The molecule has 31 heavy (non-hydrogen) atoms. The van der Waals surface area contributed by atoms with Crippen LogP contribution in [0, 0.1) is 5.92 Å². The molecule has 1 atom stereocenters. The molecular weight excluding hydrogens is 422 g/mol. The monoisotopic (exact) mass is 453 g/mol. The Hall–Kier alpha value is -2.37. The summed E-state index contributed by atoms with van der Waals surface area (Å²) in [5, 5.41) is 5.51. The van der Waals surface area contributed by atoms with Gasteiger partial charge in [-0.3, -0.25) is 0 Å². The van der Waals surface area contributed by atoms with Gasteiger partial charge in [0.25, 0.3) is 0 Å². The minimum Gasteiger partial charge on any atom is -0.379 e. The first-order valence-corrected chi connectivity index (χ1v) is 12.1. The number of nitrogens with two attached hydrogens (primary N) is 1. The molecule has 0 aliphatic carbocycles. The van der Waals surface area contributed by atoms with Crippen molar-refractivity contribution >= 4 is 22.1 Å². The molecule has 0 radical (unpaired) electrons. The number of carbonyl (C=O) groups excluding carboxylic acids is 2. The molecule has 2 aliphatic heterocycles. The van der Waals surface area contributed by atoms with Crippen LogP contribution in [0.4, 0.5) is 9.59 Å². The molecule has 11 heteroatoms. The van der Waals surface area contributed by atoms with Gasteiger partial charge in [0.05, 0.1) is 19.0 Å². The van der Waals surface area contributed by atoms with E-state index >= 15 is 0 Å². The number of likely N-dealkylation sites (tertiary alicyclic amines) is 1. The number of rotatable bonds is 7. The Morgan fingerprint density at radius 2 is 1.81 bits per heavy atom. The number of hydrogen-bond acceptors (Lipinski definition) is 5. The lowest BCUT2D eigenvalue weighted by Crippen LogP contribution is -2.48.